The highest BCUT2D eigenvalue weighted by Gasteiger charge is 2.53. The van der Waals surface area contributed by atoms with Crippen molar-refractivity contribution in [3.05, 3.63) is 93.5 Å². The summed E-state index contributed by atoms with van der Waals surface area (Å²) in [7, 11) is 0. The molecule has 1 unspecified atom stereocenters. The van der Waals surface area contributed by atoms with Crippen molar-refractivity contribution in [3.63, 3.8) is 0 Å². The van der Waals surface area contributed by atoms with Gasteiger partial charge in [-0.15, -0.1) is 16.7 Å². The molecule has 0 aliphatic carbocycles. The second kappa shape index (κ2) is 7.99. The first-order valence-corrected chi connectivity index (χ1v) is 11.2. The zero-order valence-corrected chi connectivity index (χ0v) is 18.5. The number of anilines is 1. The van der Waals surface area contributed by atoms with Crippen LogP contribution < -0.4 is 4.90 Å². The van der Waals surface area contributed by atoms with E-state index in [2.05, 4.69) is 0 Å². The van der Waals surface area contributed by atoms with Crippen molar-refractivity contribution in [2.75, 3.05) is 4.90 Å². The van der Waals surface area contributed by atoms with Gasteiger partial charge < -0.3 is 0 Å². The van der Waals surface area contributed by atoms with Gasteiger partial charge in [0.15, 0.2) is 5.25 Å². The van der Waals surface area contributed by atoms with Crippen molar-refractivity contribution in [3.8, 4) is 0 Å². The van der Waals surface area contributed by atoms with Crippen LogP contribution in [0.3, 0.4) is 0 Å². The number of urea groups is 1. The molecule has 160 valence electrons. The van der Waals surface area contributed by atoms with Crippen LogP contribution in [0.5, 0.6) is 0 Å². The Balaban J connectivity index is 1.70. The summed E-state index contributed by atoms with van der Waals surface area (Å²) in [6.07, 6.45) is 0. The Bertz CT molecular complexity index is 1330. The first-order valence-electron chi connectivity index (χ1n) is 9.53. The molecule has 0 spiro atoms. The lowest BCUT2D eigenvalue weighted by Gasteiger charge is -2.25. The highest BCUT2D eigenvalue weighted by Crippen LogP contribution is 2.41. The van der Waals surface area contributed by atoms with E-state index in [0.29, 0.717) is 5.71 Å². The molecule has 1 atom stereocenters. The van der Waals surface area contributed by atoms with E-state index < -0.39 is 28.8 Å². The van der Waals surface area contributed by atoms with E-state index in [1.807, 2.05) is 24.3 Å². The number of fused-ring (bicyclic) bond motifs is 3. The molecule has 0 saturated carbocycles. The van der Waals surface area contributed by atoms with Crippen LogP contribution in [0, 0.1) is 11.6 Å². The fourth-order valence-electron chi connectivity index (χ4n) is 3.85. The van der Waals surface area contributed by atoms with Crippen molar-refractivity contribution in [2.24, 2.45) is 0 Å². The molecule has 32 heavy (non-hydrogen) atoms. The van der Waals surface area contributed by atoms with E-state index in [1.165, 1.54) is 46.7 Å². The van der Waals surface area contributed by atoms with Crippen LogP contribution in [0.15, 0.2) is 65.6 Å². The zero-order chi connectivity index (χ0) is 22.6. The van der Waals surface area contributed by atoms with E-state index >= 15 is 0 Å². The molecular formula is C23H13Cl2F2N2O2S+. The summed E-state index contributed by atoms with van der Waals surface area (Å²) < 4.78 is 29.7. The van der Waals surface area contributed by atoms with Gasteiger partial charge in [0.2, 0.25) is 0 Å². The number of halogens is 4. The molecule has 0 saturated heterocycles. The molecule has 2 aliphatic heterocycles. The monoisotopic (exact) mass is 489 g/mol. The van der Waals surface area contributed by atoms with Crippen LogP contribution in [0.1, 0.15) is 11.1 Å². The largest absolute Gasteiger partial charge is 0.506 e. The summed E-state index contributed by atoms with van der Waals surface area (Å²) in [5.74, 6) is -1.71. The summed E-state index contributed by atoms with van der Waals surface area (Å²) in [4.78, 5) is 28.8. The molecule has 9 heteroatoms. The molecule has 2 aliphatic rings. The summed E-state index contributed by atoms with van der Waals surface area (Å²) in [6, 6.07) is 14.5. The number of rotatable bonds is 3. The summed E-state index contributed by atoms with van der Waals surface area (Å²) in [5.41, 5.74) is 1.47. The predicted molar refractivity (Wildman–Crippen MR) is 120 cm³/mol. The number of nitrogens with zero attached hydrogens (tertiary/aromatic N) is 2. The maximum atomic E-state index is 14.6. The number of benzene rings is 3. The Kier molecular flexibility index (Phi) is 5.28. The second-order valence-electron chi connectivity index (χ2n) is 7.22. The molecule has 0 radical (unpaired) electrons. The van der Waals surface area contributed by atoms with Crippen molar-refractivity contribution in [1.82, 2.24) is 0 Å². The number of imide groups is 1. The molecule has 2 heterocycles. The van der Waals surface area contributed by atoms with Gasteiger partial charge in [0.25, 0.3) is 0 Å². The minimum Gasteiger partial charge on any atom is -0.244 e. The van der Waals surface area contributed by atoms with Gasteiger partial charge in [-0.25, -0.2) is 13.6 Å². The maximum absolute atomic E-state index is 14.6. The van der Waals surface area contributed by atoms with Crippen molar-refractivity contribution < 1.29 is 22.9 Å². The Morgan fingerprint density at radius 3 is 2.47 bits per heavy atom. The van der Waals surface area contributed by atoms with Crippen molar-refractivity contribution >= 4 is 58.3 Å². The van der Waals surface area contributed by atoms with Crippen LogP contribution in [-0.2, 0) is 11.3 Å². The summed E-state index contributed by atoms with van der Waals surface area (Å²) >= 11 is 13.4. The highest BCUT2D eigenvalue weighted by atomic mass is 35.5. The quantitative estimate of drug-likeness (QED) is 0.429. The minimum atomic E-state index is -0.737. The lowest BCUT2D eigenvalue weighted by molar-refractivity contribution is -0.444. The number of thioether (sulfide) groups is 1. The number of carbonyl (C=O) groups excluding carboxylic acids is 2. The molecule has 0 N–H and O–H groups in total. The number of hydrogen-bond donors (Lipinski definition) is 0. The van der Waals surface area contributed by atoms with Gasteiger partial charge in [-0.2, -0.15) is 9.37 Å². The fourth-order valence-corrected chi connectivity index (χ4v) is 5.53. The topological polar surface area (TPSA) is 40.4 Å². The smallest absolute Gasteiger partial charge is 0.244 e. The molecule has 4 nitrogen and oxygen atoms in total. The van der Waals surface area contributed by atoms with E-state index in [-0.39, 0.29) is 27.8 Å². The number of hydrogen-bond acceptors (Lipinski definition) is 3. The lowest BCUT2D eigenvalue weighted by Crippen LogP contribution is -2.55. The van der Waals surface area contributed by atoms with Crippen LogP contribution in [0.2, 0.25) is 10.0 Å². The van der Waals surface area contributed by atoms with Gasteiger partial charge in [0, 0.05) is 22.1 Å². The molecule has 3 aromatic carbocycles. The molecule has 0 bridgehead atoms. The lowest BCUT2D eigenvalue weighted by atomic mass is 10.0. The van der Waals surface area contributed by atoms with Gasteiger partial charge in [0.05, 0.1) is 10.0 Å². The minimum absolute atomic E-state index is 0.131. The molecule has 0 fully saturated rings. The van der Waals surface area contributed by atoms with Gasteiger partial charge in [-0.05, 0) is 36.4 Å². The first kappa shape index (κ1) is 21.1. The molecule has 3 aromatic rings. The average Bonchev–Trinajstić information content (AvgIpc) is 3.15. The second-order valence-corrected chi connectivity index (χ2v) is 9.18. The standard InChI is InChI=1S/C23H13Cl2F2N2O2S/c24-15-5-3-6-17(26)14(15)11-28-20-13-4-1-2-7-19(13)32-21(20)22(30)29(23(28)31)12-8-9-18(27)16(25)10-12/h1-10,21H,11H2/q+1. The predicted octanol–water partition coefficient (Wildman–Crippen LogP) is 5.91. The third-order valence-corrected chi connectivity index (χ3v) is 7.27. The van der Waals surface area contributed by atoms with E-state index in [1.54, 1.807) is 0 Å². The fraction of sp³-hybridized carbons (Fsp3) is 0.0870. The Hall–Kier alpha value is -2.74. The first-order chi connectivity index (χ1) is 15.4. The van der Waals surface area contributed by atoms with Crippen LogP contribution in [-0.4, -0.2) is 27.5 Å². The van der Waals surface area contributed by atoms with Gasteiger partial charge >= 0.3 is 11.9 Å². The number of carbonyl (C=O) groups is 2. The number of amides is 3. The Labute approximate surface area is 196 Å². The van der Waals surface area contributed by atoms with Crippen LogP contribution in [0.25, 0.3) is 0 Å². The van der Waals surface area contributed by atoms with E-state index in [4.69, 9.17) is 23.2 Å². The van der Waals surface area contributed by atoms with E-state index in [9.17, 15) is 18.4 Å². The average molecular weight is 490 g/mol. The van der Waals surface area contributed by atoms with Gasteiger partial charge in [0.1, 0.15) is 29.6 Å². The zero-order valence-electron chi connectivity index (χ0n) is 16.2. The molecule has 0 aromatic heterocycles. The van der Waals surface area contributed by atoms with Crippen molar-refractivity contribution in [1.29, 1.82) is 0 Å². The van der Waals surface area contributed by atoms with Crippen molar-refractivity contribution in [2.45, 2.75) is 16.7 Å². The third kappa shape index (κ3) is 3.32. The third-order valence-electron chi connectivity index (χ3n) is 5.35. The maximum Gasteiger partial charge on any atom is 0.506 e. The van der Waals surface area contributed by atoms with Gasteiger partial charge in [-0.3, -0.25) is 0 Å². The summed E-state index contributed by atoms with van der Waals surface area (Å²) in [6.45, 7) is -0.177. The molecule has 5 rings (SSSR count). The SMILES string of the molecule is O=C1C2Sc3ccccc3C2=[N+](Cc2c(F)cccc2Cl)C(=O)N1c1ccc(F)c(Cl)c1. The van der Waals surface area contributed by atoms with Crippen LogP contribution >= 0.6 is 35.0 Å². The van der Waals surface area contributed by atoms with Gasteiger partial charge in [-0.1, -0.05) is 41.4 Å². The summed E-state index contributed by atoms with van der Waals surface area (Å²) in [5, 5.41) is -0.787. The highest BCUT2D eigenvalue weighted by molar-refractivity contribution is 8.02. The molecule has 3 amide bonds. The Morgan fingerprint density at radius 2 is 1.72 bits per heavy atom. The Morgan fingerprint density at radius 1 is 0.938 bits per heavy atom. The van der Waals surface area contributed by atoms with Crippen LogP contribution in [0.4, 0.5) is 19.3 Å². The van der Waals surface area contributed by atoms with E-state index in [0.717, 1.165) is 21.4 Å². The molecular weight excluding hydrogens is 477 g/mol. The normalized spacial score (nSPS) is 17.6.